The second kappa shape index (κ2) is 6.29. The van der Waals surface area contributed by atoms with Crippen LogP contribution in [0.25, 0.3) is 0 Å². The number of hydrogen-bond acceptors (Lipinski definition) is 3. The summed E-state index contributed by atoms with van der Waals surface area (Å²) < 4.78 is 0. The fourth-order valence-corrected chi connectivity index (χ4v) is 4.52. The Kier molecular flexibility index (Phi) is 4.46. The smallest absolute Gasteiger partial charge is 0.0473 e. The van der Waals surface area contributed by atoms with Crippen molar-refractivity contribution in [1.82, 2.24) is 10.2 Å². The third-order valence-electron chi connectivity index (χ3n) is 4.31. The Hall–Kier alpha value is -0.510. The number of thioether (sulfide) groups is 1. The molecule has 3 heteroatoms. The van der Waals surface area contributed by atoms with Gasteiger partial charge in [-0.3, -0.25) is 4.90 Å². The Morgan fingerprint density at radius 1 is 1.32 bits per heavy atom. The van der Waals surface area contributed by atoms with E-state index in [-0.39, 0.29) is 0 Å². The number of rotatable bonds is 3. The van der Waals surface area contributed by atoms with Crippen LogP contribution in [0, 0.1) is 5.92 Å². The Labute approximate surface area is 121 Å². The first kappa shape index (κ1) is 13.5. The summed E-state index contributed by atoms with van der Waals surface area (Å²) in [5.41, 5.74) is 1.47. The van der Waals surface area contributed by atoms with Crippen LogP contribution in [-0.2, 0) is 0 Å². The van der Waals surface area contributed by atoms with Crippen molar-refractivity contribution in [2.45, 2.75) is 25.4 Å². The Morgan fingerprint density at radius 2 is 2.16 bits per heavy atom. The van der Waals surface area contributed by atoms with Gasteiger partial charge in [0.2, 0.25) is 0 Å². The van der Waals surface area contributed by atoms with Crippen molar-refractivity contribution in [3.05, 3.63) is 35.9 Å². The highest BCUT2D eigenvalue weighted by Crippen LogP contribution is 2.29. The van der Waals surface area contributed by atoms with Crippen LogP contribution in [-0.4, -0.2) is 42.1 Å². The van der Waals surface area contributed by atoms with Crippen molar-refractivity contribution >= 4 is 11.8 Å². The molecule has 1 aromatic rings. The van der Waals surface area contributed by atoms with Crippen LogP contribution in [0.15, 0.2) is 30.3 Å². The number of piperazine rings is 1. The molecule has 19 heavy (non-hydrogen) atoms. The van der Waals surface area contributed by atoms with Gasteiger partial charge in [0.25, 0.3) is 0 Å². The van der Waals surface area contributed by atoms with Gasteiger partial charge in [0.1, 0.15) is 0 Å². The Morgan fingerprint density at radius 3 is 2.89 bits per heavy atom. The molecule has 104 valence electrons. The van der Waals surface area contributed by atoms with Crippen LogP contribution in [0.3, 0.4) is 0 Å². The van der Waals surface area contributed by atoms with E-state index < -0.39 is 0 Å². The van der Waals surface area contributed by atoms with Crippen LogP contribution >= 0.6 is 11.8 Å². The van der Waals surface area contributed by atoms with Gasteiger partial charge in [-0.2, -0.15) is 11.8 Å². The van der Waals surface area contributed by atoms with Crippen LogP contribution in [0.2, 0.25) is 0 Å². The molecule has 0 aliphatic carbocycles. The second-order valence-corrected chi connectivity index (χ2v) is 7.07. The lowest BCUT2D eigenvalue weighted by Gasteiger charge is -2.40. The van der Waals surface area contributed by atoms with Gasteiger partial charge >= 0.3 is 0 Å². The third-order valence-corrected chi connectivity index (χ3v) is 5.54. The molecule has 0 amide bonds. The Bertz CT molecular complexity index is 389. The van der Waals surface area contributed by atoms with Crippen molar-refractivity contribution in [1.29, 1.82) is 0 Å². The van der Waals surface area contributed by atoms with E-state index in [4.69, 9.17) is 0 Å². The van der Waals surface area contributed by atoms with Crippen LogP contribution in [0.4, 0.5) is 0 Å². The van der Waals surface area contributed by atoms with E-state index in [1.54, 1.807) is 0 Å². The average molecular weight is 276 g/mol. The van der Waals surface area contributed by atoms with Gasteiger partial charge in [0.15, 0.2) is 0 Å². The minimum absolute atomic E-state index is 0.558. The van der Waals surface area contributed by atoms with E-state index in [2.05, 4.69) is 59.2 Å². The number of nitrogens with one attached hydrogen (secondary N) is 1. The van der Waals surface area contributed by atoms with E-state index in [9.17, 15) is 0 Å². The van der Waals surface area contributed by atoms with Crippen molar-refractivity contribution in [3.8, 4) is 0 Å². The molecule has 0 saturated carbocycles. The highest BCUT2D eigenvalue weighted by Gasteiger charge is 2.29. The van der Waals surface area contributed by atoms with Gasteiger partial charge in [0, 0.05) is 31.7 Å². The first-order chi connectivity index (χ1) is 9.33. The lowest BCUT2D eigenvalue weighted by Crippen LogP contribution is -2.52. The molecule has 2 aliphatic heterocycles. The van der Waals surface area contributed by atoms with Crippen molar-refractivity contribution in [2.75, 3.05) is 31.1 Å². The van der Waals surface area contributed by atoms with Gasteiger partial charge in [-0.05, 0) is 36.3 Å². The Balaban J connectivity index is 1.72. The zero-order valence-electron chi connectivity index (χ0n) is 11.7. The molecule has 0 bridgehead atoms. The van der Waals surface area contributed by atoms with Crippen molar-refractivity contribution < 1.29 is 0 Å². The topological polar surface area (TPSA) is 15.3 Å². The first-order valence-corrected chi connectivity index (χ1v) is 8.58. The first-order valence-electron chi connectivity index (χ1n) is 7.43. The lowest BCUT2D eigenvalue weighted by atomic mass is 9.99. The minimum atomic E-state index is 0.558. The summed E-state index contributed by atoms with van der Waals surface area (Å²) in [6.45, 7) is 5.85. The van der Waals surface area contributed by atoms with Gasteiger partial charge in [0.05, 0.1) is 0 Å². The fourth-order valence-electron chi connectivity index (χ4n) is 3.25. The maximum Gasteiger partial charge on any atom is 0.0473 e. The quantitative estimate of drug-likeness (QED) is 0.914. The normalized spacial score (nSPS) is 32.6. The van der Waals surface area contributed by atoms with Crippen LogP contribution in [0.1, 0.15) is 24.9 Å². The molecule has 2 saturated heterocycles. The van der Waals surface area contributed by atoms with Gasteiger partial charge in [-0.1, -0.05) is 30.3 Å². The van der Waals surface area contributed by atoms with Crippen molar-refractivity contribution in [3.63, 3.8) is 0 Å². The molecule has 3 rings (SSSR count). The van der Waals surface area contributed by atoms with Crippen LogP contribution < -0.4 is 5.32 Å². The summed E-state index contributed by atoms with van der Waals surface area (Å²) >= 11 is 2.13. The molecule has 3 atom stereocenters. The largest absolute Gasteiger partial charge is 0.311 e. The predicted octanol–water partition coefficient (Wildman–Crippen LogP) is 2.77. The molecule has 1 aromatic carbocycles. The summed E-state index contributed by atoms with van der Waals surface area (Å²) in [6, 6.07) is 12.2. The summed E-state index contributed by atoms with van der Waals surface area (Å²) in [4.78, 5) is 2.72. The SMILES string of the molecule is CC1CN(CC2CCSC2)C(c2ccccc2)CN1. The number of nitrogens with zero attached hydrogens (tertiary/aromatic N) is 1. The molecular formula is C16H24N2S. The molecule has 2 aliphatic rings. The molecule has 2 fully saturated rings. The number of hydrogen-bond donors (Lipinski definition) is 1. The number of benzene rings is 1. The van der Waals surface area contributed by atoms with E-state index in [1.807, 2.05) is 0 Å². The molecule has 0 aromatic heterocycles. The molecule has 0 radical (unpaired) electrons. The average Bonchev–Trinajstić information content (AvgIpc) is 2.93. The molecule has 0 spiro atoms. The standard InChI is InChI=1S/C16H24N2S/c1-13-10-18(11-14-7-8-19-12-14)16(9-17-13)15-5-3-2-4-6-15/h2-6,13-14,16-17H,7-12H2,1H3. The van der Waals surface area contributed by atoms with E-state index in [0.29, 0.717) is 12.1 Å². The summed E-state index contributed by atoms with van der Waals surface area (Å²) in [5.74, 6) is 3.63. The van der Waals surface area contributed by atoms with E-state index in [0.717, 1.165) is 12.5 Å². The van der Waals surface area contributed by atoms with Gasteiger partial charge < -0.3 is 5.32 Å². The third kappa shape index (κ3) is 3.33. The molecule has 3 unspecified atom stereocenters. The highest BCUT2D eigenvalue weighted by molar-refractivity contribution is 7.99. The molecule has 2 heterocycles. The summed E-state index contributed by atoms with van der Waals surface area (Å²) in [7, 11) is 0. The monoisotopic (exact) mass is 276 g/mol. The van der Waals surface area contributed by atoms with Gasteiger partial charge in [-0.15, -0.1) is 0 Å². The fraction of sp³-hybridized carbons (Fsp3) is 0.625. The highest BCUT2D eigenvalue weighted by atomic mass is 32.2. The zero-order chi connectivity index (χ0) is 13.1. The van der Waals surface area contributed by atoms with E-state index >= 15 is 0 Å². The minimum Gasteiger partial charge on any atom is -0.311 e. The van der Waals surface area contributed by atoms with E-state index in [1.165, 1.54) is 36.6 Å². The lowest BCUT2D eigenvalue weighted by molar-refractivity contribution is 0.119. The van der Waals surface area contributed by atoms with Gasteiger partial charge in [-0.25, -0.2) is 0 Å². The van der Waals surface area contributed by atoms with Crippen LogP contribution in [0.5, 0.6) is 0 Å². The maximum atomic E-state index is 3.64. The molecule has 1 N–H and O–H groups in total. The molecular weight excluding hydrogens is 252 g/mol. The zero-order valence-corrected chi connectivity index (χ0v) is 12.5. The summed E-state index contributed by atoms with van der Waals surface area (Å²) in [6.07, 6.45) is 1.41. The molecule has 2 nitrogen and oxygen atoms in total. The predicted molar refractivity (Wildman–Crippen MR) is 83.7 cm³/mol. The van der Waals surface area contributed by atoms with Crippen molar-refractivity contribution in [2.24, 2.45) is 5.92 Å². The summed E-state index contributed by atoms with van der Waals surface area (Å²) in [5, 5.41) is 3.64. The second-order valence-electron chi connectivity index (χ2n) is 5.92. The maximum absolute atomic E-state index is 3.64.